The molecule has 8 nitrogen and oxygen atoms in total. The summed E-state index contributed by atoms with van der Waals surface area (Å²) in [6, 6.07) is 6.38. The molecule has 0 fully saturated rings. The molecule has 1 aromatic carbocycles. The number of carboxylic acids is 1. The molecule has 6 N–H and O–H groups in total. The number of rotatable bonds is 8. The van der Waals surface area contributed by atoms with Crippen molar-refractivity contribution in [3.05, 3.63) is 35.9 Å². The molecule has 0 bridgehead atoms. The second kappa shape index (κ2) is 8.75. The molecule has 1 aromatic rings. The van der Waals surface area contributed by atoms with Crippen LogP contribution in [0.3, 0.4) is 0 Å². The van der Waals surface area contributed by atoms with E-state index in [-0.39, 0.29) is 13.0 Å². The lowest BCUT2D eigenvalue weighted by atomic mass is 10.1. The van der Waals surface area contributed by atoms with Gasteiger partial charge in [-0.2, -0.15) is 0 Å². The Bertz CT molecular complexity index is 520. The molecule has 22 heavy (non-hydrogen) atoms. The molecule has 2 atom stereocenters. The zero-order chi connectivity index (χ0) is 16.5. The van der Waals surface area contributed by atoms with Crippen LogP contribution in [-0.4, -0.2) is 53.2 Å². The lowest BCUT2D eigenvalue weighted by Gasteiger charge is -2.20. The zero-order valence-corrected chi connectivity index (χ0v) is 11.9. The van der Waals surface area contributed by atoms with Gasteiger partial charge in [0, 0.05) is 6.42 Å². The average molecular weight is 309 g/mol. The highest BCUT2D eigenvalue weighted by atomic mass is 16.4. The molecule has 0 spiro atoms. The second-order valence-electron chi connectivity index (χ2n) is 4.60. The van der Waals surface area contributed by atoms with E-state index < -0.39 is 36.5 Å². The van der Waals surface area contributed by atoms with Gasteiger partial charge in [-0.25, -0.2) is 4.79 Å². The quantitative estimate of drug-likeness (QED) is 0.385. The Hall–Kier alpha value is -2.45. The van der Waals surface area contributed by atoms with Crippen LogP contribution in [0.1, 0.15) is 5.56 Å². The number of hydrogen-bond acceptors (Lipinski definition) is 5. The molecule has 0 heterocycles. The average Bonchev–Trinajstić information content (AvgIpc) is 2.52. The van der Waals surface area contributed by atoms with Crippen LogP contribution >= 0.6 is 0 Å². The maximum absolute atomic E-state index is 11.9. The molecule has 2 amide bonds. The predicted molar refractivity (Wildman–Crippen MR) is 77.8 cm³/mol. The minimum atomic E-state index is -1.24. The van der Waals surface area contributed by atoms with Crippen LogP contribution in [-0.2, 0) is 20.8 Å². The minimum absolute atomic E-state index is 0.0882. The van der Waals surface area contributed by atoms with Crippen molar-refractivity contribution in [3.8, 4) is 0 Å². The number of aliphatic hydroxyl groups excluding tert-OH is 1. The Morgan fingerprint density at radius 3 is 2.23 bits per heavy atom. The van der Waals surface area contributed by atoms with E-state index >= 15 is 0 Å². The van der Waals surface area contributed by atoms with Crippen molar-refractivity contribution in [1.29, 1.82) is 0 Å². The van der Waals surface area contributed by atoms with Gasteiger partial charge in [0.2, 0.25) is 11.8 Å². The maximum Gasteiger partial charge on any atom is 0.326 e. The van der Waals surface area contributed by atoms with Gasteiger partial charge in [0.05, 0.1) is 13.2 Å². The van der Waals surface area contributed by atoms with E-state index in [1.54, 1.807) is 30.3 Å². The summed E-state index contributed by atoms with van der Waals surface area (Å²) in [4.78, 5) is 34.3. The zero-order valence-electron chi connectivity index (χ0n) is 11.9. The highest BCUT2D eigenvalue weighted by Crippen LogP contribution is 2.04. The molecule has 0 aliphatic carbocycles. The van der Waals surface area contributed by atoms with E-state index in [1.165, 1.54) is 0 Å². The largest absolute Gasteiger partial charge is 0.480 e. The lowest BCUT2D eigenvalue weighted by molar-refractivity contribution is -0.142. The van der Waals surface area contributed by atoms with Gasteiger partial charge >= 0.3 is 5.97 Å². The van der Waals surface area contributed by atoms with Crippen molar-refractivity contribution in [2.75, 3.05) is 13.2 Å². The predicted octanol–water partition coefficient (Wildman–Crippen LogP) is -1.77. The third-order valence-electron chi connectivity index (χ3n) is 2.92. The van der Waals surface area contributed by atoms with Crippen LogP contribution in [0, 0.1) is 0 Å². The fourth-order valence-corrected chi connectivity index (χ4v) is 1.77. The third-order valence-corrected chi connectivity index (χ3v) is 2.92. The first-order valence-corrected chi connectivity index (χ1v) is 6.65. The fourth-order valence-electron chi connectivity index (χ4n) is 1.77. The van der Waals surface area contributed by atoms with Crippen LogP contribution in [0.25, 0.3) is 0 Å². The summed E-state index contributed by atoms with van der Waals surface area (Å²) in [7, 11) is 0. The van der Waals surface area contributed by atoms with E-state index in [4.69, 9.17) is 10.8 Å². The summed E-state index contributed by atoms with van der Waals surface area (Å²) in [6.07, 6.45) is 0.0882. The number of nitrogens with two attached hydrogens (primary N) is 1. The van der Waals surface area contributed by atoms with Gasteiger partial charge in [-0.3, -0.25) is 9.59 Å². The van der Waals surface area contributed by atoms with Gasteiger partial charge in [-0.1, -0.05) is 30.3 Å². The first-order chi connectivity index (χ1) is 10.5. The summed E-state index contributed by atoms with van der Waals surface area (Å²) in [5.41, 5.74) is 5.85. The van der Waals surface area contributed by atoms with Crippen LogP contribution in [0.2, 0.25) is 0 Å². The summed E-state index contributed by atoms with van der Waals surface area (Å²) < 4.78 is 0. The molecule has 0 aromatic heterocycles. The number of amides is 2. The monoisotopic (exact) mass is 309 g/mol. The smallest absolute Gasteiger partial charge is 0.326 e. The van der Waals surface area contributed by atoms with E-state index in [2.05, 4.69) is 10.6 Å². The first-order valence-electron chi connectivity index (χ1n) is 6.65. The molecule has 0 aliphatic rings. The van der Waals surface area contributed by atoms with Gasteiger partial charge in [-0.15, -0.1) is 0 Å². The summed E-state index contributed by atoms with van der Waals surface area (Å²) in [5.74, 6) is -2.61. The Balaban J connectivity index is 2.71. The van der Waals surface area contributed by atoms with Crippen LogP contribution in [0.4, 0.5) is 0 Å². The fraction of sp³-hybridized carbons (Fsp3) is 0.357. The molecule has 0 saturated carbocycles. The van der Waals surface area contributed by atoms with Crippen molar-refractivity contribution in [2.24, 2.45) is 5.73 Å². The Morgan fingerprint density at radius 1 is 1.09 bits per heavy atom. The number of hydrogen-bond donors (Lipinski definition) is 5. The van der Waals surface area contributed by atoms with Crippen molar-refractivity contribution >= 4 is 17.8 Å². The van der Waals surface area contributed by atoms with Gasteiger partial charge in [-0.05, 0) is 5.56 Å². The van der Waals surface area contributed by atoms with E-state index in [9.17, 15) is 19.5 Å². The summed E-state index contributed by atoms with van der Waals surface area (Å²) in [5, 5.41) is 22.8. The number of aliphatic carboxylic acids is 1. The second-order valence-corrected chi connectivity index (χ2v) is 4.60. The van der Waals surface area contributed by atoms with Gasteiger partial charge in [0.1, 0.15) is 12.1 Å². The van der Waals surface area contributed by atoms with Crippen LogP contribution in [0.15, 0.2) is 30.3 Å². The maximum atomic E-state index is 11.9. The number of carboxylic acid groups (broad SMARTS) is 1. The number of aliphatic hydroxyl groups is 1. The van der Waals surface area contributed by atoms with Crippen molar-refractivity contribution in [3.63, 3.8) is 0 Å². The molecule has 0 radical (unpaired) electrons. The van der Waals surface area contributed by atoms with E-state index in [1.807, 2.05) is 0 Å². The van der Waals surface area contributed by atoms with Crippen molar-refractivity contribution < 1.29 is 24.6 Å². The first kappa shape index (κ1) is 17.6. The van der Waals surface area contributed by atoms with Gasteiger partial charge < -0.3 is 26.6 Å². The summed E-state index contributed by atoms with van der Waals surface area (Å²) in [6.45, 7) is -0.995. The van der Waals surface area contributed by atoms with E-state index in [0.29, 0.717) is 0 Å². The molecule has 0 aliphatic heterocycles. The molecule has 0 unspecified atom stereocenters. The molecule has 1 rings (SSSR count). The highest BCUT2D eigenvalue weighted by Gasteiger charge is 2.25. The van der Waals surface area contributed by atoms with Crippen molar-refractivity contribution in [2.45, 2.75) is 18.5 Å². The van der Waals surface area contributed by atoms with Crippen molar-refractivity contribution in [1.82, 2.24) is 10.6 Å². The number of nitrogens with one attached hydrogen (secondary N) is 2. The van der Waals surface area contributed by atoms with E-state index in [0.717, 1.165) is 5.56 Å². The number of carbonyl (C=O) groups excluding carboxylic acids is 2. The Kier molecular flexibility index (Phi) is 7.00. The normalized spacial score (nSPS) is 13.0. The van der Waals surface area contributed by atoms with Gasteiger partial charge in [0.25, 0.3) is 0 Å². The molecular formula is C14H19N3O5. The Labute approximate surface area is 127 Å². The van der Waals surface area contributed by atoms with Crippen LogP contribution in [0.5, 0.6) is 0 Å². The van der Waals surface area contributed by atoms with Crippen LogP contribution < -0.4 is 16.4 Å². The molecule has 0 saturated heterocycles. The van der Waals surface area contributed by atoms with Gasteiger partial charge in [0.15, 0.2) is 0 Å². The topological polar surface area (TPSA) is 142 Å². The molecule has 8 heteroatoms. The summed E-state index contributed by atoms with van der Waals surface area (Å²) >= 11 is 0. The highest BCUT2D eigenvalue weighted by molar-refractivity contribution is 5.90. The number of benzene rings is 1. The SMILES string of the molecule is NCC(=O)N[C@@H](CO)C(=O)N[C@@H](Cc1ccccc1)C(=O)O. The standard InChI is InChI=1S/C14H19N3O5/c15-7-12(19)16-11(8-18)13(20)17-10(14(21)22)6-9-4-2-1-3-5-9/h1-5,10-11,18H,6-8,15H2,(H,16,19)(H,17,20)(H,21,22)/t10-,11-/m0/s1. The lowest BCUT2D eigenvalue weighted by Crippen LogP contribution is -2.54. The minimum Gasteiger partial charge on any atom is -0.480 e. The Morgan fingerprint density at radius 2 is 1.73 bits per heavy atom. The number of carbonyl (C=O) groups is 3. The third kappa shape index (κ3) is 5.51. The molecular weight excluding hydrogens is 290 g/mol. The molecule has 120 valence electrons.